The number of aliphatic hydroxyl groups is 1. The lowest BCUT2D eigenvalue weighted by Gasteiger charge is -2.31. The number of nitrogens with zero attached hydrogens (tertiary/aromatic N) is 3. The van der Waals surface area contributed by atoms with Crippen molar-refractivity contribution < 1.29 is 14.6 Å². The van der Waals surface area contributed by atoms with Crippen LogP contribution in [0, 0.1) is 5.92 Å². The summed E-state index contributed by atoms with van der Waals surface area (Å²) in [5.41, 5.74) is 1.19. The topological polar surface area (TPSA) is 67.6 Å². The van der Waals surface area contributed by atoms with Gasteiger partial charge in [-0.3, -0.25) is 14.4 Å². The molecule has 6 nitrogen and oxygen atoms in total. The van der Waals surface area contributed by atoms with Gasteiger partial charge in [-0.05, 0) is 37.9 Å². The number of carbonyl (C=O) groups is 1. The zero-order valence-electron chi connectivity index (χ0n) is 13.6. The number of rotatable bonds is 7. The van der Waals surface area contributed by atoms with Crippen molar-refractivity contribution in [3.63, 3.8) is 0 Å². The molecule has 0 saturated carbocycles. The summed E-state index contributed by atoms with van der Waals surface area (Å²) in [6.45, 7) is 7.39. The molecule has 1 N–H and O–H groups in total. The number of ether oxygens (including phenoxy) is 1. The summed E-state index contributed by atoms with van der Waals surface area (Å²) in [7, 11) is 0. The molecule has 1 aromatic rings. The second-order valence-corrected chi connectivity index (χ2v) is 6.33. The molecule has 1 aliphatic heterocycles. The van der Waals surface area contributed by atoms with E-state index in [1.54, 1.807) is 6.20 Å². The lowest BCUT2D eigenvalue weighted by Crippen LogP contribution is -2.38. The summed E-state index contributed by atoms with van der Waals surface area (Å²) in [4.78, 5) is 13.9. The Morgan fingerprint density at radius 2 is 2.18 bits per heavy atom. The van der Waals surface area contributed by atoms with Crippen LogP contribution in [-0.4, -0.2) is 58.6 Å². The molecule has 2 heterocycles. The molecule has 0 aliphatic carbocycles. The summed E-state index contributed by atoms with van der Waals surface area (Å²) >= 11 is 0. The first-order valence-corrected chi connectivity index (χ1v) is 8.10. The second kappa shape index (κ2) is 8.29. The number of piperidine rings is 1. The van der Waals surface area contributed by atoms with Gasteiger partial charge in [0.2, 0.25) is 0 Å². The zero-order chi connectivity index (χ0) is 15.9. The molecule has 0 radical (unpaired) electrons. The van der Waals surface area contributed by atoms with Gasteiger partial charge in [-0.15, -0.1) is 0 Å². The highest BCUT2D eigenvalue weighted by molar-refractivity contribution is 5.71. The summed E-state index contributed by atoms with van der Waals surface area (Å²) in [6.07, 6.45) is 3.81. The van der Waals surface area contributed by atoms with Crippen LogP contribution in [0.2, 0.25) is 0 Å². The van der Waals surface area contributed by atoms with Gasteiger partial charge in [0.25, 0.3) is 0 Å². The third kappa shape index (κ3) is 4.81. The quantitative estimate of drug-likeness (QED) is 0.768. The van der Waals surface area contributed by atoms with E-state index in [0.29, 0.717) is 31.5 Å². The lowest BCUT2D eigenvalue weighted by molar-refractivity contribution is -0.146. The maximum absolute atomic E-state index is 11.8. The zero-order valence-corrected chi connectivity index (χ0v) is 13.6. The van der Waals surface area contributed by atoms with Crippen LogP contribution in [0.1, 0.15) is 38.3 Å². The van der Waals surface area contributed by atoms with Gasteiger partial charge >= 0.3 is 5.97 Å². The van der Waals surface area contributed by atoms with Crippen molar-refractivity contribution in [3.8, 4) is 0 Å². The summed E-state index contributed by atoms with van der Waals surface area (Å²) in [6, 6.07) is 2.03. The first-order valence-electron chi connectivity index (χ1n) is 8.10. The van der Waals surface area contributed by atoms with Crippen LogP contribution in [-0.2, 0) is 16.1 Å². The van der Waals surface area contributed by atoms with Crippen LogP contribution in [0.3, 0.4) is 0 Å². The molecule has 1 aliphatic rings. The fourth-order valence-corrected chi connectivity index (χ4v) is 2.85. The van der Waals surface area contributed by atoms with Gasteiger partial charge < -0.3 is 9.84 Å². The first kappa shape index (κ1) is 17.0. The predicted molar refractivity (Wildman–Crippen MR) is 83.5 cm³/mol. The minimum Gasteiger partial charge on any atom is -0.464 e. The van der Waals surface area contributed by atoms with E-state index in [1.165, 1.54) is 5.69 Å². The molecule has 0 amide bonds. The molecule has 0 aromatic carbocycles. The van der Waals surface area contributed by atoms with E-state index >= 15 is 0 Å². The van der Waals surface area contributed by atoms with E-state index in [4.69, 9.17) is 9.84 Å². The highest BCUT2D eigenvalue weighted by atomic mass is 16.5. The smallest absolute Gasteiger partial charge is 0.320 e. The van der Waals surface area contributed by atoms with Crippen LogP contribution >= 0.6 is 0 Å². The maximum atomic E-state index is 11.8. The Hall–Kier alpha value is -1.40. The van der Waals surface area contributed by atoms with Crippen molar-refractivity contribution in [1.82, 2.24) is 14.7 Å². The van der Waals surface area contributed by atoms with E-state index < -0.39 is 0 Å². The molecule has 0 bridgehead atoms. The third-order valence-electron chi connectivity index (χ3n) is 4.00. The Kier molecular flexibility index (Phi) is 6.39. The molecule has 124 valence electrons. The summed E-state index contributed by atoms with van der Waals surface area (Å²) in [5, 5.41) is 13.3. The van der Waals surface area contributed by atoms with Crippen molar-refractivity contribution in [1.29, 1.82) is 0 Å². The minimum atomic E-state index is -0.127. The van der Waals surface area contributed by atoms with E-state index in [2.05, 4.69) is 10.00 Å². The molecular weight excluding hydrogens is 282 g/mol. The monoisotopic (exact) mass is 309 g/mol. The maximum Gasteiger partial charge on any atom is 0.320 e. The van der Waals surface area contributed by atoms with Gasteiger partial charge in [0.05, 0.1) is 26.3 Å². The number of likely N-dealkylation sites (tertiary alicyclic amines) is 1. The van der Waals surface area contributed by atoms with Gasteiger partial charge in [-0.1, -0.05) is 13.8 Å². The molecule has 22 heavy (non-hydrogen) atoms. The standard InChI is InChI=1S/C16H27N3O3/c1-13(2)12-22-16(21)11-18-7-4-14(5-8-18)15-3-6-17-19(15)9-10-20/h3,6,13-14,20H,4-5,7-12H2,1-2H3. The van der Waals surface area contributed by atoms with Crippen LogP contribution in [0.5, 0.6) is 0 Å². The normalized spacial score (nSPS) is 17.1. The fraction of sp³-hybridized carbons (Fsp3) is 0.750. The van der Waals surface area contributed by atoms with E-state index in [1.807, 2.05) is 24.6 Å². The number of carbonyl (C=O) groups excluding carboxylic acids is 1. The van der Waals surface area contributed by atoms with Crippen LogP contribution in [0.4, 0.5) is 0 Å². The highest BCUT2D eigenvalue weighted by Gasteiger charge is 2.24. The van der Waals surface area contributed by atoms with Crippen LogP contribution in [0.15, 0.2) is 12.3 Å². The van der Waals surface area contributed by atoms with Gasteiger partial charge in [-0.2, -0.15) is 5.10 Å². The third-order valence-corrected chi connectivity index (χ3v) is 4.00. The molecular formula is C16H27N3O3. The Bertz CT molecular complexity index is 465. The van der Waals surface area contributed by atoms with Crippen molar-refractivity contribution >= 4 is 5.97 Å². The number of hydrogen-bond acceptors (Lipinski definition) is 5. The molecule has 0 unspecified atom stereocenters. The minimum absolute atomic E-state index is 0.106. The van der Waals surface area contributed by atoms with Crippen molar-refractivity contribution in [2.24, 2.45) is 5.92 Å². The van der Waals surface area contributed by atoms with Gasteiger partial charge in [-0.25, -0.2) is 0 Å². The second-order valence-electron chi connectivity index (χ2n) is 6.33. The molecule has 1 saturated heterocycles. The number of esters is 1. The summed E-state index contributed by atoms with van der Waals surface area (Å²) in [5.74, 6) is 0.705. The molecule has 6 heteroatoms. The van der Waals surface area contributed by atoms with Crippen molar-refractivity contribution in [3.05, 3.63) is 18.0 Å². The van der Waals surface area contributed by atoms with E-state index in [-0.39, 0.29) is 12.6 Å². The predicted octanol–water partition coefficient (Wildman–Crippen LogP) is 1.25. The van der Waals surface area contributed by atoms with E-state index in [9.17, 15) is 4.79 Å². The Morgan fingerprint density at radius 1 is 1.45 bits per heavy atom. The lowest BCUT2D eigenvalue weighted by atomic mass is 9.93. The first-order chi connectivity index (χ1) is 10.6. The molecule has 2 rings (SSSR count). The fourth-order valence-electron chi connectivity index (χ4n) is 2.85. The molecule has 0 spiro atoms. The number of hydrogen-bond donors (Lipinski definition) is 1. The van der Waals surface area contributed by atoms with E-state index in [0.717, 1.165) is 25.9 Å². The average molecular weight is 309 g/mol. The van der Waals surface area contributed by atoms with Gasteiger partial charge in [0.15, 0.2) is 0 Å². The highest BCUT2D eigenvalue weighted by Crippen LogP contribution is 2.27. The SMILES string of the molecule is CC(C)COC(=O)CN1CCC(c2ccnn2CCO)CC1. The van der Waals surface area contributed by atoms with Crippen molar-refractivity contribution in [2.75, 3.05) is 32.8 Å². The molecule has 0 atom stereocenters. The Balaban J connectivity index is 1.78. The number of aliphatic hydroxyl groups excluding tert-OH is 1. The largest absolute Gasteiger partial charge is 0.464 e. The Labute approximate surface area is 132 Å². The average Bonchev–Trinajstić information content (AvgIpc) is 2.95. The van der Waals surface area contributed by atoms with Gasteiger partial charge in [0, 0.05) is 17.8 Å². The Morgan fingerprint density at radius 3 is 2.82 bits per heavy atom. The molecule has 1 aromatic heterocycles. The van der Waals surface area contributed by atoms with Gasteiger partial charge in [0.1, 0.15) is 0 Å². The van der Waals surface area contributed by atoms with Crippen molar-refractivity contribution in [2.45, 2.75) is 39.2 Å². The summed E-state index contributed by atoms with van der Waals surface area (Å²) < 4.78 is 7.12. The number of aromatic nitrogens is 2. The molecule has 1 fully saturated rings. The van der Waals surface area contributed by atoms with Crippen LogP contribution < -0.4 is 0 Å². The van der Waals surface area contributed by atoms with Crippen LogP contribution in [0.25, 0.3) is 0 Å².